The molecule has 0 amide bonds. The summed E-state index contributed by atoms with van der Waals surface area (Å²) >= 11 is 3.43. The summed E-state index contributed by atoms with van der Waals surface area (Å²) < 4.78 is 0. The Kier molecular flexibility index (Phi) is 3.05. The Balaban J connectivity index is 2.65. The average Bonchev–Trinajstić information content (AvgIpc) is 2.06. The van der Waals surface area contributed by atoms with Crippen LogP contribution in [0.2, 0.25) is 0 Å². The van der Waals surface area contributed by atoms with Gasteiger partial charge in [0.2, 0.25) is 5.78 Å². The smallest absolute Gasteiger partial charge is 0.252 e. The van der Waals surface area contributed by atoms with Crippen molar-refractivity contribution in [2.24, 2.45) is 0 Å². The van der Waals surface area contributed by atoms with Crippen molar-refractivity contribution >= 4 is 23.5 Å². The van der Waals surface area contributed by atoms with Crippen molar-refractivity contribution in [3.63, 3.8) is 0 Å². The minimum Gasteiger partial charge on any atom is -0.290 e. The van der Waals surface area contributed by atoms with Crippen LogP contribution in [0.4, 0.5) is 0 Å². The molecule has 62 valence electrons. The summed E-state index contributed by atoms with van der Waals surface area (Å²) in [6, 6.07) is 9.11. The van der Waals surface area contributed by atoms with Crippen LogP contribution in [-0.4, -0.2) is 10.9 Å². The van der Waals surface area contributed by atoms with Crippen LogP contribution in [0.5, 0.6) is 0 Å². The maximum Gasteiger partial charge on any atom is 0.252 e. The zero-order valence-electron chi connectivity index (χ0n) is 6.36. The van der Waals surface area contributed by atoms with E-state index in [4.69, 9.17) is 0 Å². The molecule has 0 bridgehead atoms. The molecule has 2 nitrogen and oxygen atoms in total. The Hall–Kier alpha value is -1.09. The molecule has 1 rings (SSSR count). The molecule has 0 N–H and O–H groups in total. The van der Waals surface area contributed by atoms with Gasteiger partial charge in [-0.05, 0) is 5.56 Å². The molecule has 0 aliphatic carbocycles. The van der Waals surface area contributed by atoms with Gasteiger partial charge in [-0.3, -0.25) is 9.59 Å². The molecule has 0 fully saturated rings. The lowest BCUT2D eigenvalue weighted by Gasteiger charge is -1.95. The number of hydrogen-bond acceptors (Lipinski definition) is 2. The number of ketones is 1. The molecule has 0 atom stereocenters. The maximum atomic E-state index is 10.9. The topological polar surface area (TPSA) is 34.1 Å². The van der Waals surface area contributed by atoms with Gasteiger partial charge >= 0.3 is 0 Å². The number of thiol groups is 1. The predicted octanol–water partition coefficient (Wildman–Crippen LogP) is 1.25. The van der Waals surface area contributed by atoms with Crippen molar-refractivity contribution in [1.82, 2.24) is 0 Å². The molecule has 0 saturated heterocycles. The second-order valence-electron chi connectivity index (χ2n) is 2.39. The molecular formula is C9H8O2S. The fraction of sp³-hybridized carbons (Fsp3) is 0.111. The molecule has 0 aromatic heterocycles. The van der Waals surface area contributed by atoms with Crippen LogP contribution >= 0.6 is 12.6 Å². The highest BCUT2D eigenvalue weighted by molar-refractivity contribution is 7.98. The van der Waals surface area contributed by atoms with Gasteiger partial charge in [0.15, 0.2) is 0 Å². The molecular weight excluding hydrogens is 172 g/mol. The third-order valence-electron chi connectivity index (χ3n) is 1.45. The van der Waals surface area contributed by atoms with Crippen LogP contribution in [0, 0.1) is 0 Å². The Morgan fingerprint density at radius 2 is 1.75 bits per heavy atom. The standard InChI is InChI=1S/C9H8O2S/c10-8(9(11)12)6-7-4-2-1-3-5-7/h1-5H,6H2,(H,11,12). The first-order valence-electron chi connectivity index (χ1n) is 3.50. The molecule has 1 aromatic rings. The van der Waals surface area contributed by atoms with Crippen LogP contribution < -0.4 is 0 Å². The van der Waals surface area contributed by atoms with Crippen LogP contribution in [0.3, 0.4) is 0 Å². The van der Waals surface area contributed by atoms with Gasteiger partial charge in [-0.15, -0.1) is 0 Å². The summed E-state index contributed by atoms with van der Waals surface area (Å²) in [5, 5.41) is -0.682. The minimum absolute atomic E-state index is 0.142. The highest BCUT2D eigenvalue weighted by atomic mass is 32.1. The third kappa shape index (κ3) is 2.51. The van der Waals surface area contributed by atoms with Crippen LogP contribution in [0.1, 0.15) is 5.56 Å². The SMILES string of the molecule is O=C(S)C(=O)Cc1ccccc1. The molecule has 1 aromatic carbocycles. The minimum atomic E-state index is -0.682. The molecule has 0 heterocycles. The number of carbonyl (C=O) groups excluding carboxylic acids is 2. The number of benzene rings is 1. The molecule has 0 spiro atoms. The van der Waals surface area contributed by atoms with E-state index in [1.807, 2.05) is 18.2 Å². The van der Waals surface area contributed by atoms with E-state index in [0.29, 0.717) is 0 Å². The molecule has 3 heteroatoms. The van der Waals surface area contributed by atoms with Crippen LogP contribution in [0.15, 0.2) is 30.3 Å². The first kappa shape index (κ1) is 9.00. The first-order valence-corrected chi connectivity index (χ1v) is 3.95. The molecule has 0 saturated carbocycles. The first-order chi connectivity index (χ1) is 5.70. The largest absolute Gasteiger partial charge is 0.290 e. The second kappa shape index (κ2) is 4.07. The van der Waals surface area contributed by atoms with Crippen molar-refractivity contribution in [3.05, 3.63) is 35.9 Å². The van der Waals surface area contributed by atoms with E-state index in [9.17, 15) is 9.59 Å². The summed E-state index contributed by atoms with van der Waals surface area (Å²) in [6.45, 7) is 0. The predicted molar refractivity (Wildman–Crippen MR) is 49.1 cm³/mol. The zero-order valence-corrected chi connectivity index (χ0v) is 7.25. The van der Waals surface area contributed by atoms with E-state index in [2.05, 4.69) is 12.6 Å². The highest BCUT2D eigenvalue weighted by Gasteiger charge is 2.08. The third-order valence-corrected chi connectivity index (χ3v) is 1.70. The summed E-state index contributed by atoms with van der Waals surface area (Å²) in [5.74, 6) is -0.468. The number of carbonyl (C=O) groups is 2. The summed E-state index contributed by atoms with van der Waals surface area (Å²) in [5.41, 5.74) is 0.838. The monoisotopic (exact) mass is 180 g/mol. The Bertz CT molecular complexity index is 293. The number of Topliss-reactive ketones (excluding diaryl/α,β-unsaturated/α-hetero) is 1. The lowest BCUT2D eigenvalue weighted by molar-refractivity contribution is -0.131. The fourth-order valence-corrected chi connectivity index (χ4v) is 0.936. The van der Waals surface area contributed by atoms with Gasteiger partial charge in [-0.2, -0.15) is 0 Å². The van der Waals surface area contributed by atoms with Crippen molar-refractivity contribution in [2.45, 2.75) is 6.42 Å². The lowest BCUT2D eigenvalue weighted by Crippen LogP contribution is -2.09. The van der Waals surface area contributed by atoms with E-state index in [-0.39, 0.29) is 6.42 Å². The van der Waals surface area contributed by atoms with E-state index in [1.54, 1.807) is 12.1 Å². The number of hydrogen-bond donors (Lipinski definition) is 1. The van der Waals surface area contributed by atoms with Gasteiger partial charge in [0.25, 0.3) is 5.12 Å². The van der Waals surface area contributed by atoms with Gasteiger partial charge in [0.1, 0.15) is 0 Å². The molecule has 0 aliphatic rings. The summed E-state index contributed by atoms with van der Waals surface area (Å²) in [4.78, 5) is 21.3. The van der Waals surface area contributed by atoms with E-state index in [1.165, 1.54) is 0 Å². The molecule has 0 aliphatic heterocycles. The van der Waals surface area contributed by atoms with Crippen molar-refractivity contribution in [2.75, 3.05) is 0 Å². The van der Waals surface area contributed by atoms with Crippen LogP contribution in [-0.2, 0) is 16.0 Å². The normalized spacial score (nSPS) is 9.42. The van der Waals surface area contributed by atoms with Gasteiger partial charge in [0.05, 0.1) is 0 Å². The van der Waals surface area contributed by atoms with Gasteiger partial charge < -0.3 is 0 Å². The summed E-state index contributed by atoms with van der Waals surface area (Å²) in [7, 11) is 0. The van der Waals surface area contributed by atoms with E-state index >= 15 is 0 Å². The number of rotatable bonds is 3. The fourth-order valence-electron chi connectivity index (χ4n) is 0.857. The molecule has 12 heavy (non-hydrogen) atoms. The molecule has 0 unspecified atom stereocenters. The summed E-state index contributed by atoms with van der Waals surface area (Å²) in [6.07, 6.45) is 0.142. The Morgan fingerprint density at radius 3 is 2.25 bits per heavy atom. The van der Waals surface area contributed by atoms with E-state index < -0.39 is 10.9 Å². The second-order valence-corrected chi connectivity index (χ2v) is 2.80. The lowest BCUT2D eigenvalue weighted by atomic mass is 10.1. The molecule has 0 radical (unpaired) electrons. The quantitative estimate of drug-likeness (QED) is 0.561. The van der Waals surface area contributed by atoms with Gasteiger partial charge in [-0.25, -0.2) is 0 Å². The van der Waals surface area contributed by atoms with Crippen molar-refractivity contribution in [1.29, 1.82) is 0 Å². The van der Waals surface area contributed by atoms with Gasteiger partial charge in [0, 0.05) is 6.42 Å². The Labute approximate surface area is 76.0 Å². The highest BCUT2D eigenvalue weighted by Crippen LogP contribution is 2.01. The van der Waals surface area contributed by atoms with E-state index in [0.717, 1.165) is 5.56 Å². The maximum absolute atomic E-state index is 10.9. The Morgan fingerprint density at radius 1 is 1.17 bits per heavy atom. The van der Waals surface area contributed by atoms with Gasteiger partial charge in [-0.1, -0.05) is 43.0 Å². The average molecular weight is 180 g/mol. The zero-order chi connectivity index (χ0) is 8.97. The van der Waals surface area contributed by atoms with Crippen molar-refractivity contribution in [3.8, 4) is 0 Å². The van der Waals surface area contributed by atoms with Crippen molar-refractivity contribution < 1.29 is 9.59 Å². The van der Waals surface area contributed by atoms with Crippen LogP contribution in [0.25, 0.3) is 0 Å².